The van der Waals surface area contributed by atoms with Gasteiger partial charge in [-0.15, -0.1) is 0 Å². The second-order valence-electron chi connectivity index (χ2n) is 5.82. The molecule has 5 nitrogen and oxygen atoms in total. The summed E-state index contributed by atoms with van der Waals surface area (Å²) < 4.78 is 5.37. The first-order chi connectivity index (χ1) is 10.1. The first-order valence-electron chi connectivity index (χ1n) is 7.55. The van der Waals surface area contributed by atoms with Gasteiger partial charge in [-0.05, 0) is 49.8 Å². The normalized spacial score (nSPS) is 12.8. The minimum absolute atomic E-state index is 0.605. The highest BCUT2D eigenvalue weighted by atomic mass is 16.5. The van der Waals surface area contributed by atoms with Crippen molar-refractivity contribution in [3.63, 3.8) is 0 Å². The van der Waals surface area contributed by atoms with Gasteiger partial charge in [0, 0.05) is 24.4 Å². The van der Waals surface area contributed by atoms with E-state index in [1.165, 1.54) is 0 Å². The van der Waals surface area contributed by atoms with Crippen LogP contribution < -0.4 is 5.73 Å². The number of rotatable bonds is 7. The van der Waals surface area contributed by atoms with E-state index in [4.69, 9.17) is 10.3 Å². The molecule has 2 rings (SSSR count). The molecule has 0 aliphatic carbocycles. The second kappa shape index (κ2) is 7.31. The number of nitrogens with zero attached hydrogens (tertiary/aromatic N) is 3. The first-order valence-corrected chi connectivity index (χ1v) is 7.55. The van der Waals surface area contributed by atoms with E-state index in [0.29, 0.717) is 23.6 Å². The molecule has 0 spiro atoms. The van der Waals surface area contributed by atoms with E-state index < -0.39 is 0 Å². The fourth-order valence-corrected chi connectivity index (χ4v) is 2.52. The number of aryl methyl sites for hydroxylation is 2. The fraction of sp³-hybridized carbons (Fsp3) is 0.562. The highest BCUT2D eigenvalue weighted by molar-refractivity contribution is 5.57. The summed E-state index contributed by atoms with van der Waals surface area (Å²) in [5.74, 6) is 2.57. The van der Waals surface area contributed by atoms with Crippen molar-refractivity contribution in [3.05, 3.63) is 29.9 Å². The minimum atomic E-state index is 0.605. The molecule has 2 aromatic rings. The van der Waals surface area contributed by atoms with E-state index in [2.05, 4.69) is 29.0 Å². The van der Waals surface area contributed by atoms with Crippen LogP contribution in [0.3, 0.4) is 0 Å². The zero-order chi connectivity index (χ0) is 15.2. The van der Waals surface area contributed by atoms with Crippen LogP contribution in [-0.4, -0.2) is 21.7 Å². The lowest BCUT2D eigenvalue weighted by Crippen LogP contribution is -2.15. The van der Waals surface area contributed by atoms with Gasteiger partial charge in [-0.25, -0.2) is 0 Å². The molecule has 1 unspecified atom stereocenters. The minimum Gasteiger partial charge on any atom is -0.339 e. The Morgan fingerprint density at radius 3 is 2.76 bits per heavy atom. The van der Waals surface area contributed by atoms with Gasteiger partial charge in [0.05, 0.1) is 0 Å². The van der Waals surface area contributed by atoms with Gasteiger partial charge in [0.1, 0.15) is 0 Å². The van der Waals surface area contributed by atoms with E-state index in [0.717, 1.165) is 36.9 Å². The Balaban J connectivity index is 2.02. The summed E-state index contributed by atoms with van der Waals surface area (Å²) in [5, 5.41) is 4.08. The summed E-state index contributed by atoms with van der Waals surface area (Å²) in [6, 6.07) is 1.91. The molecule has 0 saturated heterocycles. The topological polar surface area (TPSA) is 77.8 Å². The number of hydrogen-bond donors (Lipinski definition) is 1. The molecule has 0 bridgehead atoms. The lowest BCUT2D eigenvalue weighted by Gasteiger charge is -2.18. The Morgan fingerprint density at radius 2 is 2.10 bits per heavy atom. The second-order valence-corrected chi connectivity index (χ2v) is 5.82. The Bertz CT molecular complexity index is 565. The predicted octanol–water partition coefficient (Wildman–Crippen LogP) is 2.99. The standard InChI is InChI=1S/C16H24N4O/c1-11(2)13(6-8-17)4-5-15-19-16(20-21-15)14-7-9-18-10-12(14)3/h7,9-11,13H,4-6,8,17H2,1-3H3. The maximum absolute atomic E-state index is 5.68. The van der Waals surface area contributed by atoms with E-state index in [1.807, 2.05) is 13.0 Å². The van der Waals surface area contributed by atoms with Crippen molar-refractivity contribution in [1.29, 1.82) is 0 Å². The largest absolute Gasteiger partial charge is 0.339 e. The SMILES string of the molecule is Cc1cnccc1-c1noc(CCC(CCN)C(C)C)n1. The highest BCUT2D eigenvalue weighted by Crippen LogP contribution is 2.23. The molecular weight excluding hydrogens is 264 g/mol. The molecule has 0 saturated carbocycles. The maximum atomic E-state index is 5.68. The third-order valence-electron chi connectivity index (χ3n) is 3.94. The van der Waals surface area contributed by atoms with Crippen molar-refractivity contribution in [2.75, 3.05) is 6.54 Å². The summed E-state index contributed by atoms with van der Waals surface area (Å²) in [5.41, 5.74) is 7.70. The van der Waals surface area contributed by atoms with Gasteiger partial charge in [-0.3, -0.25) is 4.98 Å². The van der Waals surface area contributed by atoms with E-state index >= 15 is 0 Å². The van der Waals surface area contributed by atoms with Gasteiger partial charge in [0.25, 0.3) is 0 Å². The fourth-order valence-electron chi connectivity index (χ4n) is 2.52. The molecule has 1 atom stereocenters. The molecule has 21 heavy (non-hydrogen) atoms. The Kier molecular flexibility index (Phi) is 5.44. The van der Waals surface area contributed by atoms with E-state index in [-0.39, 0.29) is 0 Å². The number of pyridine rings is 1. The summed E-state index contributed by atoms with van der Waals surface area (Å²) in [7, 11) is 0. The zero-order valence-corrected chi connectivity index (χ0v) is 13.0. The van der Waals surface area contributed by atoms with Crippen molar-refractivity contribution in [2.24, 2.45) is 17.6 Å². The maximum Gasteiger partial charge on any atom is 0.226 e. The third kappa shape index (κ3) is 4.11. The van der Waals surface area contributed by atoms with Crippen LogP contribution in [0.15, 0.2) is 23.0 Å². The molecule has 0 aliphatic heterocycles. The van der Waals surface area contributed by atoms with Crippen molar-refractivity contribution < 1.29 is 4.52 Å². The van der Waals surface area contributed by atoms with Crippen LogP contribution in [-0.2, 0) is 6.42 Å². The smallest absolute Gasteiger partial charge is 0.226 e. The van der Waals surface area contributed by atoms with Crippen LogP contribution in [0, 0.1) is 18.8 Å². The lowest BCUT2D eigenvalue weighted by molar-refractivity contribution is 0.313. The van der Waals surface area contributed by atoms with Crippen LogP contribution in [0.25, 0.3) is 11.4 Å². The number of aromatic nitrogens is 3. The van der Waals surface area contributed by atoms with Gasteiger partial charge in [-0.1, -0.05) is 19.0 Å². The molecule has 0 radical (unpaired) electrons. The molecule has 0 fully saturated rings. The van der Waals surface area contributed by atoms with E-state index in [1.54, 1.807) is 12.4 Å². The van der Waals surface area contributed by atoms with Crippen molar-refractivity contribution in [3.8, 4) is 11.4 Å². The molecular formula is C16H24N4O. The quantitative estimate of drug-likeness (QED) is 0.847. The molecule has 2 aromatic heterocycles. The molecule has 0 aliphatic rings. The van der Waals surface area contributed by atoms with Gasteiger partial charge >= 0.3 is 0 Å². The summed E-state index contributed by atoms with van der Waals surface area (Å²) in [4.78, 5) is 8.57. The molecule has 2 heterocycles. The van der Waals surface area contributed by atoms with Gasteiger partial charge in [-0.2, -0.15) is 4.98 Å². The summed E-state index contributed by atoms with van der Waals surface area (Å²) in [6.45, 7) is 7.20. The molecule has 0 amide bonds. The molecule has 114 valence electrons. The Hall–Kier alpha value is -1.75. The van der Waals surface area contributed by atoms with Crippen molar-refractivity contribution in [1.82, 2.24) is 15.1 Å². The monoisotopic (exact) mass is 288 g/mol. The first kappa shape index (κ1) is 15.6. The average molecular weight is 288 g/mol. The molecule has 0 aromatic carbocycles. The molecule has 5 heteroatoms. The molecule has 2 N–H and O–H groups in total. The van der Waals surface area contributed by atoms with E-state index in [9.17, 15) is 0 Å². The van der Waals surface area contributed by atoms with Crippen LogP contribution in [0.2, 0.25) is 0 Å². The highest BCUT2D eigenvalue weighted by Gasteiger charge is 2.16. The van der Waals surface area contributed by atoms with Crippen LogP contribution in [0.5, 0.6) is 0 Å². The third-order valence-corrected chi connectivity index (χ3v) is 3.94. The average Bonchev–Trinajstić information content (AvgIpc) is 2.92. The lowest BCUT2D eigenvalue weighted by atomic mass is 9.88. The predicted molar refractivity (Wildman–Crippen MR) is 82.6 cm³/mol. The van der Waals surface area contributed by atoms with Crippen molar-refractivity contribution >= 4 is 0 Å². The van der Waals surface area contributed by atoms with Crippen molar-refractivity contribution in [2.45, 2.75) is 40.0 Å². The van der Waals surface area contributed by atoms with Gasteiger partial charge < -0.3 is 10.3 Å². The Labute approximate surface area is 126 Å². The van der Waals surface area contributed by atoms with Crippen LogP contribution in [0.1, 0.15) is 38.1 Å². The summed E-state index contributed by atoms with van der Waals surface area (Å²) >= 11 is 0. The van der Waals surface area contributed by atoms with Crippen LogP contribution >= 0.6 is 0 Å². The van der Waals surface area contributed by atoms with Gasteiger partial charge in [0.2, 0.25) is 11.7 Å². The van der Waals surface area contributed by atoms with Crippen LogP contribution in [0.4, 0.5) is 0 Å². The number of hydrogen-bond acceptors (Lipinski definition) is 5. The Morgan fingerprint density at radius 1 is 1.29 bits per heavy atom. The summed E-state index contributed by atoms with van der Waals surface area (Å²) in [6.07, 6.45) is 6.43. The van der Waals surface area contributed by atoms with Gasteiger partial charge in [0.15, 0.2) is 0 Å². The number of nitrogens with two attached hydrogens (primary N) is 1. The zero-order valence-electron chi connectivity index (χ0n) is 13.0.